The normalized spacial score (nSPS) is 25.2. The number of ether oxygens (including phenoxy) is 1. The Morgan fingerprint density at radius 3 is 2.70 bits per heavy atom. The molecule has 2 heterocycles. The van der Waals surface area contributed by atoms with Crippen LogP contribution in [0.1, 0.15) is 41.5 Å². The van der Waals surface area contributed by atoms with Crippen LogP contribution in [0.5, 0.6) is 5.75 Å². The Labute approximate surface area is 192 Å². The summed E-state index contributed by atoms with van der Waals surface area (Å²) in [7, 11) is 1.78. The summed E-state index contributed by atoms with van der Waals surface area (Å²) < 4.78 is 6.82. The van der Waals surface area contributed by atoms with Gasteiger partial charge in [-0.05, 0) is 65.8 Å². The van der Waals surface area contributed by atoms with Gasteiger partial charge < -0.3 is 10.5 Å². The maximum absolute atomic E-state index is 9.32. The first-order valence-electron chi connectivity index (χ1n) is 11.2. The Bertz CT molecular complexity index is 1340. The summed E-state index contributed by atoms with van der Waals surface area (Å²) in [4.78, 5) is 11.2. The predicted molar refractivity (Wildman–Crippen MR) is 125 cm³/mol. The van der Waals surface area contributed by atoms with Crippen molar-refractivity contribution in [1.29, 1.82) is 5.26 Å². The summed E-state index contributed by atoms with van der Waals surface area (Å²) in [5.74, 6) is 1.10. The lowest BCUT2D eigenvalue weighted by Gasteiger charge is -2.47. The number of benzene rings is 3. The topological polar surface area (TPSA) is 83.9 Å². The Morgan fingerprint density at radius 1 is 1.03 bits per heavy atom. The van der Waals surface area contributed by atoms with Gasteiger partial charge in [0.15, 0.2) is 0 Å². The van der Waals surface area contributed by atoms with E-state index in [1.54, 1.807) is 18.2 Å². The van der Waals surface area contributed by atoms with Crippen molar-refractivity contribution in [1.82, 2.24) is 5.06 Å². The van der Waals surface area contributed by atoms with Crippen LogP contribution in [0.15, 0.2) is 71.7 Å². The van der Waals surface area contributed by atoms with Crippen LogP contribution in [-0.4, -0.2) is 18.1 Å². The highest BCUT2D eigenvalue weighted by molar-refractivity contribution is 5.79. The molecule has 0 amide bonds. The van der Waals surface area contributed by atoms with Gasteiger partial charge in [-0.15, -0.1) is 0 Å². The summed E-state index contributed by atoms with van der Waals surface area (Å²) in [6.45, 7) is 0. The van der Waals surface area contributed by atoms with Gasteiger partial charge in [-0.3, -0.25) is 0 Å². The number of rotatable bonds is 1. The van der Waals surface area contributed by atoms with E-state index >= 15 is 0 Å². The van der Waals surface area contributed by atoms with Gasteiger partial charge in [0.05, 0.1) is 17.2 Å². The fourth-order valence-electron chi connectivity index (χ4n) is 5.50. The molecule has 0 bridgehead atoms. The van der Waals surface area contributed by atoms with Crippen LogP contribution in [-0.2, 0) is 22.6 Å². The summed E-state index contributed by atoms with van der Waals surface area (Å²) >= 11 is 0. The molecule has 0 unspecified atom stereocenters. The zero-order valence-corrected chi connectivity index (χ0v) is 18.4. The molecule has 1 aliphatic carbocycles. The van der Waals surface area contributed by atoms with Gasteiger partial charge in [-0.2, -0.15) is 5.26 Å². The number of fused-ring (bicyclic) bond motifs is 4. The molecule has 2 aliphatic heterocycles. The third kappa shape index (κ3) is 3.00. The number of hydrogen-bond acceptors (Lipinski definition) is 6. The zero-order valence-electron chi connectivity index (χ0n) is 18.4. The lowest BCUT2D eigenvalue weighted by Crippen LogP contribution is -2.48. The summed E-state index contributed by atoms with van der Waals surface area (Å²) in [5, 5.41) is 10.9. The first kappa shape index (κ1) is 19.8. The number of hydrogen-bond donors (Lipinski definition) is 1. The number of aryl methyl sites for hydroxylation is 1. The second-order valence-electron chi connectivity index (χ2n) is 9.03. The van der Waals surface area contributed by atoms with E-state index < -0.39 is 11.3 Å². The first-order valence-corrected chi connectivity index (χ1v) is 11.2. The fourth-order valence-corrected chi connectivity index (χ4v) is 5.50. The summed E-state index contributed by atoms with van der Waals surface area (Å²) in [6, 6.07) is 24.4. The Morgan fingerprint density at radius 2 is 1.88 bits per heavy atom. The average Bonchev–Trinajstić information content (AvgIpc) is 3.12. The number of nitrogens with two attached hydrogens (primary N) is 1. The molecule has 6 rings (SSSR count). The minimum Gasteiger partial charge on any atom is -0.482 e. The third-order valence-corrected chi connectivity index (χ3v) is 7.00. The largest absolute Gasteiger partial charge is 0.482 e. The van der Waals surface area contributed by atoms with E-state index in [-0.39, 0.29) is 0 Å². The molecule has 3 aromatic carbocycles. The van der Waals surface area contributed by atoms with Crippen molar-refractivity contribution in [2.45, 2.75) is 37.0 Å². The molecule has 3 aliphatic rings. The second kappa shape index (κ2) is 7.09. The molecule has 2 atom stereocenters. The molecule has 0 aromatic heterocycles. The van der Waals surface area contributed by atoms with Gasteiger partial charge in [-0.1, -0.05) is 42.5 Å². The van der Waals surface area contributed by atoms with Gasteiger partial charge in [0, 0.05) is 13.5 Å². The van der Waals surface area contributed by atoms with E-state index in [2.05, 4.69) is 36.4 Å². The fraction of sp³-hybridized carbons (Fsp3) is 0.259. The molecule has 2 spiro atoms. The highest BCUT2D eigenvalue weighted by Gasteiger charge is 2.56. The molecule has 0 saturated heterocycles. The van der Waals surface area contributed by atoms with E-state index in [1.165, 1.54) is 11.1 Å². The van der Waals surface area contributed by atoms with E-state index in [1.807, 2.05) is 30.3 Å². The van der Waals surface area contributed by atoms with Gasteiger partial charge in [0.2, 0.25) is 11.7 Å². The third-order valence-electron chi connectivity index (χ3n) is 7.00. The van der Waals surface area contributed by atoms with Crippen molar-refractivity contribution in [3.8, 4) is 22.9 Å². The Kier molecular flexibility index (Phi) is 4.26. The van der Waals surface area contributed by atoms with Crippen molar-refractivity contribution in [2.75, 3.05) is 7.05 Å². The zero-order chi connectivity index (χ0) is 22.6. The first-order chi connectivity index (χ1) is 16.0. The minimum atomic E-state index is -0.973. The van der Waals surface area contributed by atoms with E-state index in [9.17, 15) is 5.26 Å². The highest BCUT2D eigenvalue weighted by Crippen LogP contribution is 2.56. The van der Waals surface area contributed by atoms with Gasteiger partial charge in [0.25, 0.3) is 0 Å². The molecule has 33 heavy (non-hydrogen) atoms. The highest BCUT2D eigenvalue weighted by atomic mass is 16.7. The number of nitrogens with zero attached hydrogens (tertiary/aromatic N) is 3. The molecule has 0 fully saturated rings. The summed E-state index contributed by atoms with van der Waals surface area (Å²) in [6.07, 6.45) is 3.51. The van der Waals surface area contributed by atoms with Crippen molar-refractivity contribution in [3.63, 3.8) is 0 Å². The van der Waals surface area contributed by atoms with E-state index in [4.69, 9.17) is 20.3 Å². The standard InChI is InChI=1S/C27H24N4O2/c1-31-25(29)30-27(33-31)17-26(13-5-9-19-7-2-3-10-22(19)26)32-24-12-11-21(15-23(24)27)20-8-4-6-18(14-20)16-28/h2-4,6-8,10-12,14-15H,5,9,13,17H2,1H3,(H2,29,30)/t26-,27-/m0/s1. The molecule has 2 N–H and O–H groups in total. The van der Waals surface area contributed by atoms with E-state index in [0.29, 0.717) is 17.9 Å². The molecule has 6 heteroatoms. The Hall–Kier alpha value is -3.82. The molecular weight excluding hydrogens is 412 g/mol. The number of hydroxylamine groups is 2. The van der Waals surface area contributed by atoms with Gasteiger partial charge >= 0.3 is 0 Å². The van der Waals surface area contributed by atoms with Crippen LogP contribution in [0.3, 0.4) is 0 Å². The second-order valence-corrected chi connectivity index (χ2v) is 9.03. The van der Waals surface area contributed by atoms with Crippen LogP contribution in [0.2, 0.25) is 0 Å². The lowest BCUT2D eigenvalue weighted by molar-refractivity contribution is -0.207. The van der Waals surface area contributed by atoms with Crippen LogP contribution in [0.4, 0.5) is 0 Å². The number of nitriles is 1. The van der Waals surface area contributed by atoms with E-state index in [0.717, 1.165) is 41.7 Å². The SMILES string of the molecule is CN1O[C@]2(C[C@]3(CCCc4ccccc43)Oc3ccc(-c4cccc(C#N)c4)cc32)N=C1N. The average molecular weight is 437 g/mol. The van der Waals surface area contributed by atoms with Crippen molar-refractivity contribution >= 4 is 5.96 Å². The smallest absolute Gasteiger partial charge is 0.222 e. The van der Waals surface area contributed by atoms with Crippen molar-refractivity contribution < 1.29 is 9.57 Å². The van der Waals surface area contributed by atoms with Gasteiger partial charge in [0.1, 0.15) is 11.4 Å². The molecule has 0 radical (unpaired) electrons. The lowest BCUT2D eigenvalue weighted by atomic mass is 9.72. The van der Waals surface area contributed by atoms with Gasteiger partial charge in [-0.25, -0.2) is 14.9 Å². The monoisotopic (exact) mass is 436 g/mol. The molecular formula is C27H24N4O2. The molecule has 6 nitrogen and oxygen atoms in total. The van der Waals surface area contributed by atoms with Crippen LogP contribution >= 0.6 is 0 Å². The molecule has 164 valence electrons. The van der Waals surface area contributed by atoms with Crippen LogP contribution in [0, 0.1) is 11.3 Å². The maximum atomic E-state index is 9.32. The molecule has 3 aromatic rings. The summed E-state index contributed by atoms with van der Waals surface area (Å²) in [5.41, 5.74) is 10.6. The van der Waals surface area contributed by atoms with Crippen LogP contribution < -0.4 is 10.5 Å². The maximum Gasteiger partial charge on any atom is 0.222 e. The number of aliphatic imine (C=N–C) groups is 1. The number of guanidine groups is 1. The Balaban J connectivity index is 1.53. The van der Waals surface area contributed by atoms with Crippen molar-refractivity contribution in [3.05, 3.63) is 89.0 Å². The van der Waals surface area contributed by atoms with Crippen molar-refractivity contribution in [2.24, 2.45) is 10.7 Å². The quantitative estimate of drug-likeness (QED) is 0.603. The minimum absolute atomic E-state index is 0.346. The molecule has 0 saturated carbocycles. The van der Waals surface area contributed by atoms with Crippen LogP contribution in [0.25, 0.3) is 11.1 Å². The predicted octanol–water partition coefficient (Wildman–Crippen LogP) is 4.58.